The van der Waals surface area contributed by atoms with Crippen molar-refractivity contribution in [1.82, 2.24) is 4.90 Å². The Kier molecular flexibility index (Phi) is 4.83. The van der Waals surface area contributed by atoms with Gasteiger partial charge in [-0.2, -0.15) is 8.78 Å². The summed E-state index contributed by atoms with van der Waals surface area (Å²) in [5.41, 5.74) is 0.754. The summed E-state index contributed by atoms with van der Waals surface area (Å²) < 4.78 is 47.6. The van der Waals surface area contributed by atoms with E-state index in [0.717, 1.165) is 25.2 Å². The van der Waals surface area contributed by atoms with Gasteiger partial charge in [0, 0.05) is 18.3 Å². The van der Waals surface area contributed by atoms with Gasteiger partial charge in [-0.05, 0) is 50.2 Å². The Bertz CT molecular complexity index is 575. The number of hydrogen-bond donors (Lipinski definition) is 1. The lowest BCUT2D eigenvalue weighted by molar-refractivity contribution is 0.206. The molecule has 1 aromatic rings. The Morgan fingerprint density at radius 3 is 2.43 bits per heavy atom. The molecule has 1 N–H and O–H groups in total. The highest BCUT2D eigenvalue weighted by atomic mass is 32.2. The lowest BCUT2D eigenvalue weighted by atomic mass is 9.94. The van der Waals surface area contributed by atoms with Crippen LogP contribution in [0.3, 0.4) is 0 Å². The standard InChI is InChI=1S/C14H20F2N2O2S/c1-10-9-18(2)8-7-13(10)17-11-3-5-12(6-4-11)21(19,20)14(15)16/h3-6,10,13-14,17H,7-9H2,1-2H3. The molecule has 0 saturated carbocycles. The molecule has 0 amide bonds. The Morgan fingerprint density at radius 1 is 1.29 bits per heavy atom. The minimum Gasteiger partial charge on any atom is -0.382 e. The highest BCUT2D eigenvalue weighted by Gasteiger charge is 2.27. The largest absolute Gasteiger partial charge is 0.382 e. The second-order valence-electron chi connectivity index (χ2n) is 5.61. The summed E-state index contributed by atoms with van der Waals surface area (Å²) in [6, 6.07) is 5.84. The Labute approximate surface area is 124 Å². The molecule has 2 atom stereocenters. The van der Waals surface area contributed by atoms with Gasteiger partial charge in [0.15, 0.2) is 0 Å². The first-order valence-corrected chi connectivity index (χ1v) is 8.42. The quantitative estimate of drug-likeness (QED) is 0.926. The monoisotopic (exact) mass is 318 g/mol. The van der Waals surface area contributed by atoms with Crippen LogP contribution < -0.4 is 5.32 Å². The van der Waals surface area contributed by atoms with Crippen LogP contribution in [0.4, 0.5) is 14.5 Å². The van der Waals surface area contributed by atoms with Crippen molar-refractivity contribution < 1.29 is 17.2 Å². The summed E-state index contributed by atoms with van der Waals surface area (Å²) in [6.45, 7) is 4.15. The number of likely N-dealkylation sites (tertiary alicyclic amines) is 1. The fourth-order valence-electron chi connectivity index (χ4n) is 2.63. The zero-order valence-corrected chi connectivity index (χ0v) is 12.9. The number of sulfone groups is 1. The molecular formula is C14H20F2N2O2S. The number of anilines is 1. The second kappa shape index (κ2) is 6.27. The summed E-state index contributed by atoms with van der Waals surface area (Å²) in [4.78, 5) is 1.92. The van der Waals surface area contributed by atoms with Crippen molar-refractivity contribution in [2.24, 2.45) is 5.92 Å². The van der Waals surface area contributed by atoms with E-state index in [1.54, 1.807) is 12.1 Å². The predicted octanol–water partition coefficient (Wildman–Crippen LogP) is 2.44. The van der Waals surface area contributed by atoms with Gasteiger partial charge in [-0.25, -0.2) is 8.42 Å². The molecule has 1 aromatic carbocycles. The van der Waals surface area contributed by atoms with Gasteiger partial charge in [-0.15, -0.1) is 0 Å². The van der Waals surface area contributed by atoms with E-state index in [1.165, 1.54) is 12.1 Å². The molecular weight excluding hydrogens is 298 g/mol. The SMILES string of the molecule is CC1CN(C)CCC1Nc1ccc(S(=O)(=O)C(F)F)cc1. The van der Waals surface area contributed by atoms with E-state index in [4.69, 9.17) is 0 Å². The number of rotatable bonds is 4. The van der Waals surface area contributed by atoms with Gasteiger partial charge in [0.05, 0.1) is 4.90 Å². The van der Waals surface area contributed by atoms with Crippen molar-refractivity contribution >= 4 is 15.5 Å². The van der Waals surface area contributed by atoms with Crippen molar-refractivity contribution in [3.8, 4) is 0 Å². The normalized spacial score (nSPS) is 24.2. The fraction of sp³-hybridized carbons (Fsp3) is 0.571. The second-order valence-corrected chi connectivity index (χ2v) is 7.53. The van der Waals surface area contributed by atoms with Gasteiger partial charge in [-0.3, -0.25) is 0 Å². The average Bonchev–Trinajstić information content (AvgIpc) is 2.42. The Morgan fingerprint density at radius 2 is 1.90 bits per heavy atom. The van der Waals surface area contributed by atoms with Gasteiger partial charge in [0.2, 0.25) is 9.84 Å². The third-order valence-corrected chi connectivity index (χ3v) is 5.28. The Hall–Kier alpha value is -1.21. The van der Waals surface area contributed by atoms with E-state index in [-0.39, 0.29) is 4.90 Å². The lowest BCUT2D eigenvalue weighted by Crippen LogP contribution is -2.43. The molecule has 0 spiro atoms. The number of piperidine rings is 1. The lowest BCUT2D eigenvalue weighted by Gasteiger charge is -2.35. The molecule has 0 radical (unpaired) electrons. The van der Waals surface area contributed by atoms with E-state index >= 15 is 0 Å². The van der Waals surface area contributed by atoms with Crippen molar-refractivity contribution in [2.45, 2.75) is 30.0 Å². The molecule has 0 aromatic heterocycles. The first-order valence-electron chi connectivity index (χ1n) is 6.88. The van der Waals surface area contributed by atoms with Crippen molar-refractivity contribution in [3.63, 3.8) is 0 Å². The molecule has 2 rings (SSSR count). The molecule has 1 saturated heterocycles. The predicted molar refractivity (Wildman–Crippen MR) is 78.3 cm³/mol. The third-order valence-electron chi connectivity index (χ3n) is 3.88. The van der Waals surface area contributed by atoms with E-state index in [2.05, 4.69) is 24.2 Å². The van der Waals surface area contributed by atoms with Crippen LogP contribution in [-0.4, -0.2) is 45.3 Å². The molecule has 0 bridgehead atoms. The maximum absolute atomic E-state index is 12.5. The summed E-state index contributed by atoms with van der Waals surface area (Å²) in [5, 5.41) is 3.35. The summed E-state index contributed by atoms with van der Waals surface area (Å²) in [6.07, 6.45) is 0.995. The summed E-state index contributed by atoms with van der Waals surface area (Å²) in [7, 11) is -2.43. The smallest absolute Gasteiger partial charge is 0.341 e. The molecule has 21 heavy (non-hydrogen) atoms. The minimum absolute atomic E-state index is 0.304. The van der Waals surface area contributed by atoms with Crippen LogP contribution in [0.1, 0.15) is 13.3 Å². The van der Waals surface area contributed by atoms with E-state index in [1.807, 2.05) is 0 Å². The van der Waals surface area contributed by atoms with Crippen LogP contribution in [0.25, 0.3) is 0 Å². The molecule has 1 aliphatic rings. The van der Waals surface area contributed by atoms with Crippen LogP contribution in [-0.2, 0) is 9.84 Å². The molecule has 1 fully saturated rings. The van der Waals surface area contributed by atoms with Crippen molar-refractivity contribution in [3.05, 3.63) is 24.3 Å². The third kappa shape index (κ3) is 3.71. The zero-order valence-electron chi connectivity index (χ0n) is 12.1. The number of benzene rings is 1. The van der Waals surface area contributed by atoms with Crippen molar-refractivity contribution in [2.75, 3.05) is 25.5 Å². The number of hydrogen-bond acceptors (Lipinski definition) is 4. The maximum atomic E-state index is 12.5. The van der Waals surface area contributed by atoms with Crippen LogP contribution in [0.2, 0.25) is 0 Å². The first kappa shape index (κ1) is 16.2. The summed E-state index contributed by atoms with van der Waals surface area (Å²) >= 11 is 0. The number of nitrogens with zero attached hydrogens (tertiary/aromatic N) is 1. The van der Waals surface area contributed by atoms with Crippen molar-refractivity contribution in [1.29, 1.82) is 0 Å². The fourth-order valence-corrected chi connectivity index (χ4v) is 3.35. The van der Waals surface area contributed by atoms with Crippen LogP contribution in [0, 0.1) is 5.92 Å². The molecule has 0 aliphatic carbocycles. The maximum Gasteiger partial charge on any atom is 0.341 e. The molecule has 7 heteroatoms. The number of alkyl halides is 2. The van der Waals surface area contributed by atoms with E-state index in [9.17, 15) is 17.2 Å². The van der Waals surface area contributed by atoms with Gasteiger partial charge >= 0.3 is 5.76 Å². The van der Waals surface area contributed by atoms with Crippen LogP contribution >= 0.6 is 0 Å². The molecule has 4 nitrogen and oxygen atoms in total. The van der Waals surface area contributed by atoms with E-state index < -0.39 is 15.6 Å². The first-order chi connectivity index (χ1) is 9.80. The zero-order chi connectivity index (χ0) is 15.6. The van der Waals surface area contributed by atoms with Crippen LogP contribution in [0.5, 0.6) is 0 Å². The van der Waals surface area contributed by atoms with Gasteiger partial charge in [0.25, 0.3) is 0 Å². The molecule has 2 unspecified atom stereocenters. The highest BCUT2D eigenvalue weighted by molar-refractivity contribution is 7.91. The van der Waals surface area contributed by atoms with Gasteiger partial charge < -0.3 is 10.2 Å². The Balaban J connectivity index is 2.06. The molecule has 1 aliphatic heterocycles. The summed E-state index contributed by atoms with van der Waals surface area (Å²) in [5.74, 6) is -2.92. The van der Waals surface area contributed by atoms with Gasteiger partial charge in [0.1, 0.15) is 0 Å². The van der Waals surface area contributed by atoms with Gasteiger partial charge in [-0.1, -0.05) is 6.92 Å². The number of halogens is 2. The van der Waals surface area contributed by atoms with Crippen LogP contribution in [0.15, 0.2) is 29.2 Å². The average molecular weight is 318 g/mol. The molecule has 118 valence electrons. The number of nitrogens with one attached hydrogen (secondary N) is 1. The molecule has 1 heterocycles. The van der Waals surface area contributed by atoms with E-state index in [0.29, 0.717) is 12.0 Å². The minimum atomic E-state index is -4.51. The topological polar surface area (TPSA) is 49.4 Å². The highest BCUT2D eigenvalue weighted by Crippen LogP contribution is 2.23.